The predicted octanol–water partition coefficient (Wildman–Crippen LogP) is 1.25. The van der Waals surface area contributed by atoms with Crippen molar-refractivity contribution < 1.29 is 32.0 Å². The molecule has 11 heteroatoms. The zero-order chi connectivity index (χ0) is 23.5. The van der Waals surface area contributed by atoms with Gasteiger partial charge in [-0.3, -0.25) is 14.4 Å². The number of esters is 1. The van der Waals surface area contributed by atoms with Gasteiger partial charge in [0.25, 0.3) is 5.91 Å². The standard InChI is InChI=1S/C21H31N3O7S/c1-4-30-21(27)16-7-11-23(12-8-16)19(25)14-22(3)20(26)17-13-18(15(2)31-17)32(28,29)24-9-5-6-10-24/h13,16H,4-12,14H2,1-3H3. The van der Waals surface area contributed by atoms with Gasteiger partial charge in [-0.2, -0.15) is 4.31 Å². The van der Waals surface area contributed by atoms with Crippen molar-refractivity contribution >= 4 is 27.8 Å². The first-order valence-electron chi connectivity index (χ1n) is 11.0. The Morgan fingerprint density at radius 2 is 1.78 bits per heavy atom. The highest BCUT2D eigenvalue weighted by atomic mass is 32.2. The second-order valence-electron chi connectivity index (χ2n) is 8.21. The fourth-order valence-electron chi connectivity index (χ4n) is 4.08. The molecule has 0 aliphatic carbocycles. The molecule has 2 amide bonds. The molecule has 3 heterocycles. The van der Waals surface area contributed by atoms with Gasteiger partial charge in [-0.15, -0.1) is 0 Å². The van der Waals surface area contributed by atoms with Crippen molar-refractivity contribution in [3.63, 3.8) is 0 Å². The molecule has 32 heavy (non-hydrogen) atoms. The van der Waals surface area contributed by atoms with E-state index in [0.29, 0.717) is 45.6 Å². The zero-order valence-corrected chi connectivity index (χ0v) is 19.6. The molecule has 0 bridgehead atoms. The number of rotatable bonds is 7. The van der Waals surface area contributed by atoms with Crippen molar-refractivity contribution in [1.82, 2.24) is 14.1 Å². The lowest BCUT2D eigenvalue weighted by molar-refractivity contribution is -0.151. The van der Waals surface area contributed by atoms with Gasteiger partial charge < -0.3 is 19.0 Å². The lowest BCUT2D eigenvalue weighted by Crippen LogP contribution is -2.45. The SMILES string of the molecule is CCOC(=O)C1CCN(C(=O)CN(C)C(=O)c2cc(S(=O)(=O)N3CCCC3)c(C)o2)CC1. The molecule has 0 saturated carbocycles. The van der Waals surface area contributed by atoms with Gasteiger partial charge in [0.15, 0.2) is 5.76 Å². The largest absolute Gasteiger partial charge is 0.466 e. The van der Waals surface area contributed by atoms with Crippen LogP contribution in [0.15, 0.2) is 15.4 Å². The third kappa shape index (κ3) is 5.15. The summed E-state index contributed by atoms with van der Waals surface area (Å²) in [4.78, 5) is 40.1. The molecule has 0 unspecified atom stereocenters. The summed E-state index contributed by atoms with van der Waals surface area (Å²) in [5.74, 6) is -1.21. The predicted molar refractivity (Wildman–Crippen MR) is 114 cm³/mol. The van der Waals surface area contributed by atoms with Crippen LogP contribution in [0.3, 0.4) is 0 Å². The Kier molecular flexibility index (Phi) is 7.60. The van der Waals surface area contributed by atoms with Crippen LogP contribution in [0, 0.1) is 12.8 Å². The molecule has 0 spiro atoms. The van der Waals surface area contributed by atoms with Crippen LogP contribution in [0.1, 0.15) is 48.9 Å². The summed E-state index contributed by atoms with van der Waals surface area (Å²) in [5.41, 5.74) is 0. The van der Waals surface area contributed by atoms with Crippen molar-refractivity contribution in [3.05, 3.63) is 17.6 Å². The maximum Gasteiger partial charge on any atom is 0.309 e. The molecule has 0 aromatic carbocycles. The average molecular weight is 470 g/mol. The van der Waals surface area contributed by atoms with E-state index in [2.05, 4.69) is 0 Å². The van der Waals surface area contributed by atoms with Crippen LogP contribution in [0.4, 0.5) is 0 Å². The van der Waals surface area contributed by atoms with Gasteiger partial charge in [0.1, 0.15) is 10.7 Å². The summed E-state index contributed by atoms with van der Waals surface area (Å²) in [6.07, 6.45) is 2.67. The van der Waals surface area contributed by atoms with Gasteiger partial charge in [-0.05, 0) is 39.5 Å². The van der Waals surface area contributed by atoms with E-state index in [1.807, 2.05) is 0 Å². The number of aryl methyl sites for hydroxylation is 1. The number of hydrogen-bond donors (Lipinski definition) is 0. The number of carbonyl (C=O) groups excluding carboxylic acids is 3. The number of carbonyl (C=O) groups is 3. The maximum absolute atomic E-state index is 12.8. The number of sulfonamides is 1. The van der Waals surface area contributed by atoms with Crippen molar-refractivity contribution in [2.45, 2.75) is 44.4 Å². The highest BCUT2D eigenvalue weighted by molar-refractivity contribution is 7.89. The highest BCUT2D eigenvalue weighted by Gasteiger charge is 2.33. The summed E-state index contributed by atoms with van der Waals surface area (Å²) < 4.78 is 37.5. The van der Waals surface area contributed by atoms with Crippen LogP contribution in [0.25, 0.3) is 0 Å². The number of ether oxygens (including phenoxy) is 1. The monoisotopic (exact) mass is 469 g/mol. The summed E-state index contributed by atoms with van der Waals surface area (Å²) in [5, 5.41) is 0. The molecule has 0 atom stereocenters. The number of likely N-dealkylation sites (N-methyl/N-ethyl adjacent to an activating group) is 1. The van der Waals surface area contributed by atoms with E-state index >= 15 is 0 Å². The van der Waals surface area contributed by atoms with Crippen LogP contribution in [0.5, 0.6) is 0 Å². The first-order chi connectivity index (χ1) is 15.1. The van der Waals surface area contributed by atoms with Crippen LogP contribution in [0.2, 0.25) is 0 Å². The lowest BCUT2D eigenvalue weighted by atomic mass is 9.97. The van der Waals surface area contributed by atoms with Crippen LogP contribution in [-0.2, 0) is 24.3 Å². The zero-order valence-electron chi connectivity index (χ0n) is 18.8. The topological polar surface area (TPSA) is 117 Å². The molecule has 0 radical (unpaired) electrons. The van der Waals surface area contributed by atoms with E-state index in [1.54, 1.807) is 11.8 Å². The summed E-state index contributed by atoms with van der Waals surface area (Å²) in [6, 6.07) is 1.25. The van der Waals surface area contributed by atoms with E-state index in [0.717, 1.165) is 12.8 Å². The minimum absolute atomic E-state index is 0.0106. The molecular weight excluding hydrogens is 438 g/mol. The van der Waals surface area contributed by atoms with E-state index in [4.69, 9.17) is 9.15 Å². The third-order valence-electron chi connectivity index (χ3n) is 5.95. The molecule has 1 aromatic heterocycles. The van der Waals surface area contributed by atoms with Gasteiger partial charge >= 0.3 is 5.97 Å². The minimum atomic E-state index is -3.71. The van der Waals surface area contributed by atoms with Gasteiger partial charge in [-0.1, -0.05) is 0 Å². The second kappa shape index (κ2) is 10.0. The lowest BCUT2D eigenvalue weighted by Gasteiger charge is -2.32. The first-order valence-corrected chi connectivity index (χ1v) is 12.4. The van der Waals surface area contributed by atoms with Gasteiger partial charge in [0.2, 0.25) is 15.9 Å². The van der Waals surface area contributed by atoms with Crippen molar-refractivity contribution in [2.24, 2.45) is 5.92 Å². The quantitative estimate of drug-likeness (QED) is 0.552. The fourth-order valence-corrected chi connectivity index (χ4v) is 5.76. The number of amides is 2. The Balaban J connectivity index is 1.59. The van der Waals surface area contributed by atoms with E-state index in [-0.39, 0.29) is 40.8 Å². The summed E-state index contributed by atoms with van der Waals surface area (Å²) in [7, 11) is -2.24. The van der Waals surface area contributed by atoms with Crippen molar-refractivity contribution in [1.29, 1.82) is 0 Å². The molecule has 0 N–H and O–H groups in total. The minimum Gasteiger partial charge on any atom is -0.466 e. The summed E-state index contributed by atoms with van der Waals surface area (Å²) in [6.45, 7) is 5.18. The number of nitrogens with zero attached hydrogens (tertiary/aromatic N) is 3. The van der Waals surface area contributed by atoms with Gasteiger partial charge in [0, 0.05) is 39.3 Å². The summed E-state index contributed by atoms with van der Waals surface area (Å²) >= 11 is 0. The van der Waals surface area contributed by atoms with Crippen molar-refractivity contribution in [2.75, 3.05) is 46.4 Å². The van der Waals surface area contributed by atoms with E-state index in [9.17, 15) is 22.8 Å². The normalized spacial score (nSPS) is 18.0. The Morgan fingerprint density at radius 1 is 1.16 bits per heavy atom. The smallest absolute Gasteiger partial charge is 0.309 e. The van der Waals surface area contributed by atoms with E-state index < -0.39 is 15.9 Å². The number of likely N-dealkylation sites (tertiary alicyclic amines) is 1. The molecule has 2 saturated heterocycles. The van der Waals surface area contributed by atoms with Crippen LogP contribution < -0.4 is 0 Å². The average Bonchev–Trinajstić information content (AvgIpc) is 3.44. The Hall–Kier alpha value is -2.40. The Bertz CT molecular complexity index is 958. The molecular formula is C21H31N3O7S. The first kappa shape index (κ1) is 24.2. The number of piperidine rings is 1. The molecule has 1 aromatic rings. The second-order valence-corrected chi connectivity index (χ2v) is 10.1. The number of furan rings is 1. The molecule has 2 aliphatic heterocycles. The molecule has 2 aliphatic rings. The van der Waals surface area contributed by atoms with Gasteiger partial charge in [0.05, 0.1) is 19.1 Å². The fraction of sp³-hybridized carbons (Fsp3) is 0.667. The molecule has 3 rings (SSSR count). The number of hydrogen-bond acceptors (Lipinski definition) is 7. The van der Waals surface area contributed by atoms with Crippen molar-refractivity contribution in [3.8, 4) is 0 Å². The van der Waals surface area contributed by atoms with Crippen LogP contribution >= 0.6 is 0 Å². The molecule has 2 fully saturated rings. The third-order valence-corrected chi connectivity index (χ3v) is 7.96. The Labute approximate surface area is 188 Å². The van der Waals surface area contributed by atoms with E-state index in [1.165, 1.54) is 29.2 Å². The highest BCUT2D eigenvalue weighted by Crippen LogP contribution is 2.27. The maximum atomic E-state index is 12.8. The Morgan fingerprint density at radius 3 is 2.38 bits per heavy atom. The van der Waals surface area contributed by atoms with Crippen LogP contribution in [-0.4, -0.2) is 86.7 Å². The van der Waals surface area contributed by atoms with Gasteiger partial charge in [-0.25, -0.2) is 8.42 Å². The molecule has 178 valence electrons. The molecule has 10 nitrogen and oxygen atoms in total.